The number of fused-ring (bicyclic) bond motifs is 3. The summed E-state index contributed by atoms with van der Waals surface area (Å²) in [6.45, 7) is 29.4. The molecule has 348 valence electrons. The highest BCUT2D eigenvalue weighted by molar-refractivity contribution is 5.94. The van der Waals surface area contributed by atoms with Crippen molar-refractivity contribution in [2.24, 2.45) is 0 Å². The van der Waals surface area contributed by atoms with Crippen LogP contribution >= 0.6 is 0 Å². The summed E-state index contributed by atoms with van der Waals surface area (Å²) in [6, 6.07) is 51.5. The van der Waals surface area contributed by atoms with Crippen LogP contribution in [0.2, 0.25) is 0 Å². The fourth-order valence-electron chi connectivity index (χ4n) is 6.51. The zero-order chi connectivity index (χ0) is 49.6. The van der Waals surface area contributed by atoms with Gasteiger partial charge in [0.25, 0.3) is 0 Å². The van der Waals surface area contributed by atoms with E-state index in [1.165, 1.54) is 0 Å². The Balaban J connectivity index is 0.000000443. The molecular formula is C60H72O6. The second-order valence-corrected chi connectivity index (χ2v) is 12.7. The zero-order valence-corrected chi connectivity index (χ0v) is 42.0. The molecule has 0 amide bonds. The van der Waals surface area contributed by atoms with Crippen molar-refractivity contribution in [2.45, 2.75) is 104 Å². The molecule has 0 radical (unpaired) electrons. The summed E-state index contributed by atoms with van der Waals surface area (Å²) < 4.78 is 16.9. The van der Waals surface area contributed by atoms with Crippen molar-refractivity contribution in [3.8, 4) is 33.6 Å². The van der Waals surface area contributed by atoms with Crippen LogP contribution in [0.15, 0.2) is 191 Å². The fraction of sp³-hybridized carbons (Fsp3) is 0.250. The second kappa shape index (κ2) is 31.7. The molecule has 0 aliphatic rings. The second-order valence-electron chi connectivity index (χ2n) is 12.7. The summed E-state index contributed by atoms with van der Waals surface area (Å²) in [4.78, 5) is 36.6. The number of hydrogen-bond donors (Lipinski definition) is 0. The Bertz CT molecular complexity index is 2900. The lowest BCUT2D eigenvalue weighted by Crippen LogP contribution is -2.07. The molecule has 3 heterocycles. The molecule has 0 N–H and O–H groups in total. The summed E-state index contributed by atoms with van der Waals surface area (Å²) in [6.07, 6.45) is 0. The van der Waals surface area contributed by atoms with E-state index in [4.69, 9.17) is 13.3 Å². The first-order chi connectivity index (χ1) is 32.3. The molecule has 9 rings (SSSR count). The third-order valence-electron chi connectivity index (χ3n) is 9.20. The first-order valence-electron chi connectivity index (χ1n) is 23.6. The van der Waals surface area contributed by atoms with Crippen molar-refractivity contribution >= 4 is 32.9 Å². The van der Waals surface area contributed by atoms with E-state index in [-0.39, 0.29) is 16.5 Å². The van der Waals surface area contributed by atoms with Gasteiger partial charge >= 0.3 is 5.63 Å². The highest BCUT2D eigenvalue weighted by Gasteiger charge is 2.14. The Hall–Kier alpha value is -7.05. The number of aryl methyl sites for hydroxylation is 1. The number of benzene rings is 6. The van der Waals surface area contributed by atoms with Crippen LogP contribution in [0.4, 0.5) is 0 Å². The van der Waals surface area contributed by atoms with E-state index in [1.54, 1.807) is 26.0 Å². The SMILES string of the molecule is CC.CC.CC.CC.CC.CC.Cc1c(-c2ccccc2)c2ccccc2oc1=O.Cc1c(-c2ccccc2)oc2ccccc2c1=O.Cc1oc2ccccc2c(=O)c1-c1ccccc1. The quantitative estimate of drug-likeness (QED) is 0.164. The molecule has 6 heteroatoms. The Morgan fingerprint density at radius 2 is 0.636 bits per heavy atom. The van der Waals surface area contributed by atoms with Crippen molar-refractivity contribution in [3.63, 3.8) is 0 Å². The van der Waals surface area contributed by atoms with E-state index in [2.05, 4.69) is 0 Å². The van der Waals surface area contributed by atoms with Crippen molar-refractivity contribution in [3.05, 3.63) is 212 Å². The minimum atomic E-state index is -0.271. The molecule has 9 aromatic rings. The molecule has 0 fully saturated rings. The summed E-state index contributed by atoms with van der Waals surface area (Å²) in [5, 5.41) is 2.23. The average Bonchev–Trinajstić information content (AvgIpc) is 3.40. The molecule has 0 aliphatic carbocycles. The number of para-hydroxylation sites is 3. The molecule has 3 aromatic heterocycles. The van der Waals surface area contributed by atoms with E-state index < -0.39 is 0 Å². The predicted molar refractivity (Wildman–Crippen MR) is 286 cm³/mol. The largest absolute Gasteiger partial charge is 0.460 e. The summed E-state index contributed by atoms with van der Waals surface area (Å²) >= 11 is 0. The maximum Gasteiger partial charge on any atom is 0.339 e. The van der Waals surface area contributed by atoms with Crippen LogP contribution in [-0.2, 0) is 0 Å². The highest BCUT2D eigenvalue weighted by Crippen LogP contribution is 2.30. The summed E-state index contributed by atoms with van der Waals surface area (Å²) in [5.41, 5.74) is 7.48. The molecule has 0 saturated carbocycles. The van der Waals surface area contributed by atoms with Gasteiger partial charge < -0.3 is 13.3 Å². The molecular weight excluding hydrogens is 817 g/mol. The van der Waals surface area contributed by atoms with E-state index in [9.17, 15) is 14.4 Å². The van der Waals surface area contributed by atoms with Crippen LogP contribution in [0.5, 0.6) is 0 Å². The van der Waals surface area contributed by atoms with Gasteiger partial charge in [-0.15, -0.1) is 0 Å². The molecule has 66 heavy (non-hydrogen) atoms. The van der Waals surface area contributed by atoms with Crippen LogP contribution in [0.3, 0.4) is 0 Å². The van der Waals surface area contributed by atoms with Gasteiger partial charge in [0, 0.05) is 27.6 Å². The smallest absolute Gasteiger partial charge is 0.339 e. The van der Waals surface area contributed by atoms with Gasteiger partial charge in [-0.3, -0.25) is 9.59 Å². The van der Waals surface area contributed by atoms with Crippen LogP contribution in [0, 0.1) is 20.8 Å². The van der Waals surface area contributed by atoms with Crippen LogP contribution in [0.25, 0.3) is 66.5 Å². The Morgan fingerprint density at radius 1 is 0.303 bits per heavy atom. The normalized spacial score (nSPS) is 9.32. The van der Waals surface area contributed by atoms with Gasteiger partial charge in [0.1, 0.15) is 28.3 Å². The van der Waals surface area contributed by atoms with Gasteiger partial charge in [-0.1, -0.05) is 217 Å². The third-order valence-corrected chi connectivity index (χ3v) is 9.20. The number of hydrogen-bond acceptors (Lipinski definition) is 6. The maximum atomic E-state index is 12.5. The Labute approximate surface area is 393 Å². The molecule has 0 unspecified atom stereocenters. The van der Waals surface area contributed by atoms with Gasteiger partial charge in [0.05, 0.1) is 16.3 Å². The van der Waals surface area contributed by atoms with Crippen molar-refractivity contribution < 1.29 is 13.3 Å². The Kier molecular flexibility index (Phi) is 27.4. The monoisotopic (exact) mass is 889 g/mol. The molecule has 6 nitrogen and oxygen atoms in total. The standard InChI is InChI=1S/3C16H12O2.6C2H6/c1-11-15(17)13-9-5-6-10-14(13)18-16(11)12-7-3-2-4-8-12;1-11-15(12-7-3-2-4-8-12)16(17)13-9-5-6-10-14(13)18-11;1-11-15(12-7-3-2-4-8-12)13-9-5-6-10-14(13)18-16(11)17;6*1-2/h3*2-10H,1H3;6*1-2H3. The van der Waals surface area contributed by atoms with Crippen LogP contribution in [-0.4, -0.2) is 0 Å². The number of rotatable bonds is 3. The summed E-state index contributed by atoms with van der Waals surface area (Å²) in [5.74, 6) is 1.31. The van der Waals surface area contributed by atoms with Crippen LogP contribution in [0.1, 0.15) is 100.0 Å². The van der Waals surface area contributed by atoms with Crippen molar-refractivity contribution in [1.82, 2.24) is 0 Å². The highest BCUT2D eigenvalue weighted by atomic mass is 16.4. The molecule has 0 atom stereocenters. The van der Waals surface area contributed by atoms with E-state index in [1.807, 2.05) is 242 Å². The van der Waals surface area contributed by atoms with Crippen molar-refractivity contribution in [1.29, 1.82) is 0 Å². The van der Waals surface area contributed by atoms with Gasteiger partial charge in [-0.2, -0.15) is 0 Å². The van der Waals surface area contributed by atoms with Crippen molar-refractivity contribution in [2.75, 3.05) is 0 Å². The van der Waals surface area contributed by atoms with E-state index in [0.29, 0.717) is 55.7 Å². The third kappa shape index (κ3) is 14.7. The molecule has 6 aromatic carbocycles. The van der Waals surface area contributed by atoms with Crippen LogP contribution < -0.4 is 16.5 Å². The summed E-state index contributed by atoms with van der Waals surface area (Å²) in [7, 11) is 0. The first kappa shape index (κ1) is 57.0. The topological polar surface area (TPSA) is 90.6 Å². The molecule has 0 spiro atoms. The predicted octanol–water partition coefficient (Wildman–Crippen LogP) is 17.5. The molecule has 0 saturated heterocycles. The van der Waals surface area contributed by atoms with Gasteiger partial charge in [0.15, 0.2) is 5.43 Å². The lowest BCUT2D eigenvalue weighted by atomic mass is 9.98. The zero-order valence-electron chi connectivity index (χ0n) is 42.0. The van der Waals surface area contributed by atoms with E-state index >= 15 is 0 Å². The van der Waals surface area contributed by atoms with Gasteiger partial charge in [-0.25, -0.2) is 4.79 Å². The van der Waals surface area contributed by atoms with Gasteiger partial charge in [-0.05, 0) is 62.2 Å². The molecule has 0 bridgehead atoms. The fourth-order valence-corrected chi connectivity index (χ4v) is 6.51. The minimum absolute atomic E-state index is 0.0283. The Morgan fingerprint density at radius 3 is 1.09 bits per heavy atom. The van der Waals surface area contributed by atoms with Gasteiger partial charge in [0.2, 0.25) is 5.43 Å². The lowest BCUT2D eigenvalue weighted by molar-refractivity contribution is 0.556. The minimum Gasteiger partial charge on any atom is -0.460 e. The first-order valence-corrected chi connectivity index (χ1v) is 23.6. The van der Waals surface area contributed by atoms with E-state index in [0.717, 1.165) is 27.6 Å². The lowest BCUT2D eigenvalue weighted by Gasteiger charge is -2.08. The average molecular weight is 889 g/mol. The maximum absolute atomic E-state index is 12.5. The molecule has 0 aliphatic heterocycles.